The summed E-state index contributed by atoms with van der Waals surface area (Å²) < 4.78 is 0. The van der Waals surface area contributed by atoms with Gasteiger partial charge in [0.25, 0.3) is 0 Å². The molecule has 0 spiro atoms. The summed E-state index contributed by atoms with van der Waals surface area (Å²) in [5.41, 5.74) is 0. The minimum absolute atomic E-state index is 0.0286. The number of carbonyl (C=O) groups is 1. The second kappa shape index (κ2) is 4.78. The molecule has 1 rings (SSSR count). The standard InChI is InChI=1S/C11H21NO2/c1-7(2)10(6-13)12-11(14)8(3)9-4-5-9/h7-10,13H,4-6H2,1-3H3,(H,12,14). The second-order valence-corrected chi connectivity index (χ2v) is 4.67. The Balaban J connectivity index is 2.37. The molecule has 2 N–H and O–H groups in total. The van der Waals surface area contributed by atoms with Crippen LogP contribution < -0.4 is 5.32 Å². The van der Waals surface area contributed by atoms with E-state index in [0.29, 0.717) is 5.92 Å². The number of hydrogen-bond donors (Lipinski definition) is 2. The first kappa shape index (κ1) is 11.5. The fourth-order valence-electron chi connectivity index (χ4n) is 1.55. The molecule has 1 amide bonds. The van der Waals surface area contributed by atoms with Gasteiger partial charge in [0.1, 0.15) is 0 Å². The average molecular weight is 199 g/mol. The predicted octanol–water partition coefficient (Wildman–Crippen LogP) is 1.17. The smallest absolute Gasteiger partial charge is 0.223 e. The van der Waals surface area contributed by atoms with Crippen molar-refractivity contribution in [2.24, 2.45) is 17.8 Å². The topological polar surface area (TPSA) is 49.3 Å². The molecule has 3 heteroatoms. The van der Waals surface area contributed by atoms with E-state index in [-0.39, 0.29) is 30.4 Å². The SMILES string of the molecule is CC(C)C(CO)NC(=O)C(C)C1CC1. The molecule has 0 aromatic heterocycles. The third-order valence-electron chi connectivity index (χ3n) is 3.07. The molecule has 0 bridgehead atoms. The summed E-state index contributed by atoms with van der Waals surface area (Å²) in [6, 6.07) is -0.0938. The zero-order valence-corrected chi connectivity index (χ0v) is 9.29. The van der Waals surface area contributed by atoms with Crippen molar-refractivity contribution in [2.45, 2.75) is 39.7 Å². The van der Waals surface area contributed by atoms with E-state index in [9.17, 15) is 4.79 Å². The minimum Gasteiger partial charge on any atom is -0.394 e. The summed E-state index contributed by atoms with van der Waals surface area (Å²) in [5, 5.41) is 12.0. The lowest BCUT2D eigenvalue weighted by atomic mass is 10.0. The number of nitrogens with one attached hydrogen (secondary N) is 1. The molecule has 1 aliphatic carbocycles. The highest BCUT2D eigenvalue weighted by Crippen LogP contribution is 2.36. The number of aliphatic hydroxyl groups is 1. The molecular formula is C11H21NO2. The van der Waals surface area contributed by atoms with Gasteiger partial charge in [0, 0.05) is 5.92 Å². The average Bonchev–Trinajstić information content (AvgIpc) is 2.95. The lowest BCUT2D eigenvalue weighted by Gasteiger charge is -2.22. The first-order chi connectivity index (χ1) is 6.56. The molecule has 2 unspecified atom stereocenters. The Morgan fingerprint density at radius 3 is 2.36 bits per heavy atom. The van der Waals surface area contributed by atoms with Crippen LogP contribution in [0.4, 0.5) is 0 Å². The highest BCUT2D eigenvalue weighted by molar-refractivity contribution is 5.79. The van der Waals surface area contributed by atoms with Crippen LogP contribution in [0.25, 0.3) is 0 Å². The Kier molecular flexibility index (Phi) is 3.93. The van der Waals surface area contributed by atoms with Crippen molar-refractivity contribution >= 4 is 5.91 Å². The number of aliphatic hydroxyl groups excluding tert-OH is 1. The summed E-state index contributed by atoms with van der Waals surface area (Å²) in [6.07, 6.45) is 2.36. The maximum atomic E-state index is 11.7. The predicted molar refractivity (Wildman–Crippen MR) is 55.7 cm³/mol. The zero-order valence-electron chi connectivity index (χ0n) is 9.29. The fraction of sp³-hybridized carbons (Fsp3) is 0.909. The Bertz CT molecular complexity index is 199. The molecule has 0 aliphatic heterocycles. The molecule has 14 heavy (non-hydrogen) atoms. The molecule has 2 atom stereocenters. The fourth-order valence-corrected chi connectivity index (χ4v) is 1.55. The van der Waals surface area contributed by atoms with Gasteiger partial charge in [0.05, 0.1) is 12.6 Å². The number of amides is 1. The molecule has 0 aromatic rings. The van der Waals surface area contributed by atoms with E-state index in [1.165, 1.54) is 12.8 Å². The maximum Gasteiger partial charge on any atom is 0.223 e. The van der Waals surface area contributed by atoms with Crippen molar-refractivity contribution in [3.8, 4) is 0 Å². The van der Waals surface area contributed by atoms with Crippen molar-refractivity contribution < 1.29 is 9.90 Å². The van der Waals surface area contributed by atoms with Crippen LogP contribution in [0.2, 0.25) is 0 Å². The van der Waals surface area contributed by atoms with Gasteiger partial charge < -0.3 is 10.4 Å². The van der Waals surface area contributed by atoms with Crippen molar-refractivity contribution in [1.82, 2.24) is 5.32 Å². The Hall–Kier alpha value is -0.570. The summed E-state index contributed by atoms with van der Waals surface area (Å²) in [6.45, 7) is 6.01. The van der Waals surface area contributed by atoms with Gasteiger partial charge in [-0.15, -0.1) is 0 Å². The van der Waals surface area contributed by atoms with E-state index in [1.54, 1.807) is 0 Å². The van der Waals surface area contributed by atoms with Crippen LogP contribution in [-0.4, -0.2) is 23.7 Å². The van der Waals surface area contributed by atoms with Gasteiger partial charge in [-0.25, -0.2) is 0 Å². The molecule has 3 nitrogen and oxygen atoms in total. The number of rotatable bonds is 5. The first-order valence-corrected chi connectivity index (χ1v) is 5.47. The highest BCUT2D eigenvalue weighted by Gasteiger charge is 2.33. The summed E-state index contributed by atoms with van der Waals surface area (Å²) in [5.74, 6) is 1.08. The number of carbonyl (C=O) groups excluding carboxylic acids is 1. The van der Waals surface area contributed by atoms with Crippen LogP contribution in [0.15, 0.2) is 0 Å². The van der Waals surface area contributed by atoms with Crippen molar-refractivity contribution in [3.05, 3.63) is 0 Å². The molecule has 0 aromatic carbocycles. The monoisotopic (exact) mass is 199 g/mol. The van der Waals surface area contributed by atoms with E-state index >= 15 is 0 Å². The summed E-state index contributed by atoms with van der Waals surface area (Å²) in [7, 11) is 0. The molecule has 82 valence electrons. The molecule has 1 aliphatic rings. The van der Waals surface area contributed by atoms with Gasteiger partial charge in [-0.1, -0.05) is 20.8 Å². The zero-order chi connectivity index (χ0) is 10.7. The minimum atomic E-state index is -0.0938. The Labute approximate surface area is 85.9 Å². The Morgan fingerprint density at radius 2 is 2.00 bits per heavy atom. The summed E-state index contributed by atoms with van der Waals surface area (Å²) >= 11 is 0. The van der Waals surface area contributed by atoms with Gasteiger partial charge in [-0.2, -0.15) is 0 Å². The van der Waals surface area contributed by atoms with E-state index in [2.05, 4.69) is 5.32 Å². The first-order valence-electron chi connectivity index (χ1n) is 5.47. The van der Waals surface area contributed by atoms with Crippen molar-refractivity contribution in [1.29, 1.82) is 0 Å². The second-order valence-electron chi connectivity index (χ2n) is 4.67. The third-order valence-corrected chi connectivity index (χ3v) is 3.07. The molecule has 0 radical (unpaired) electrons. The van der Waals surface area contributed by atoms with Gasteiger partial charge in [-0.3, -0.25) is 4.79 Å². The maximum absolute atomic E-state index is 11.7. The van der Waals surface area contributed by atoms with E-state index in [4.69, 9.17) is 5.11 Å². The summed E-state index contributed by atoms with van der Waals surface area (Å²) in [4.78, 5) is 11.7. The van der Waals surface area contributed by atoms with E-state index in [1.807, 2.05) is 20.8 Å². The van der Waals surface area contributed by atoms with Gasteiger partial charge in [-0.05, 0) is 24.7 Å². The van der Waals surface area contributed by atoms with Gasteiger partial charge in [0.15, 0.2) is 0 Å². The van der Waals surface area contributed by atoms with Crippen LogP contribution in [-0.2, 0) is 4.79 Å². The van der Waals surface area contributed by atoms with Crippen LogP contribution in [0.5, 0.6) is 0 Å². The normalized spacial score (nSPS) is 20.6. The molecule has 0 heterocycles. The quantitative estimate of drug-likeness (QED) is 0.698. The van der Waals surface area contributed by atoms with Gasteiger partial charge >= 0.3 is 0 Å². The van der Waals surface area contributed by atoms with Gasteiger partial charge in [0.2, 0.25) is 5.91 Å². The van der Waals surface area contributed by atoms with Crippen molar-refractivity contribution in [3.63, 3.8) is 0 Å². The largest absolute Gasteiger partial charge is 0.394 e. The highest BCUT2D eigenvalue weighted by atomic mass is 16.3. The van der Waals surface area contributed by atoms with Crippen LogP contribution in [0.3, 0.4) is 0 Å². The van der Waals surface area contributed by atoms with Crippen LogP contribution >= 0.6 is 0 Å². The van der Waals surface area contributed by atoms with Crippen molar-refractivity contribution in [2.75, 3.05) is 6.61 Å². The Morgan fingerprint density at radius 1 is 1.43 bits per heavy atom. The van der Waals surface area contributed by atoms with Crippen LogP contribution in [0, 0.1) is 17.8 Å². The molecule has 1 saturated carbocycles. The molecular weight excluding hydrogens is 178 g/mol. The number of hydrogen-bond acceptors (Lipinski definition) is 2. The third kappa shape index (κ3) is 2.98. The van der Waals surface area contributed by atoms with Crippen LogP contribution in [0.1, 0.15) is 33.6 Å². The lowest BCUT2D eigenvalue weighted by Crippen LogP contribution is -2.43. The van der Waals surface area contributed by atoms with E-state index < -0.39 is 0 Å². The van der Waals surface area contributed by atoms with E-state index in [0.717, 1.165) is 0 Å². The lowest BCUT2D eigenvalue weighted by molar-refractivity contribution is -0.126. The molecule has 0 saturated heterocycles. The molecule has 1 fully saturated rings.